The van der Waals surface area contributed by atoms with Crippen molar-refractivity contribution in [1.82, 2.24) is 10.2 Å². The van der Waals surface area contributed by atoms with E-state index >= 15 is 0 Å². The molecule has 0 bridgehead atoms. The second-order valence-electron chi connectivity index (χ2n) is 5.50. The van der Waals surface area contributed by atoms with Crippen LogP contribution in [0.25, 0.3) is 0 Å². The van der Waals surface area contributed by atoms with E-state index in [9.17, 15) is 4.39 Å². The summed E-state index contributed by atoms with van der Waals surface area (Å²) in [7, 11) is 0. The molecule has 1 aromatic carbocycles. The lowest BCUT2D eigenvalue weighted by atomic mass is 9.99. The quantitative estimate of drug-likeness (QED) is 0.884. The van der Waals surface area contributed by atoms with Crippen LogP contribution in [0.4, 0.5) is 4.39 Å². The molecule has 0 radical (unpaired) electrons. The fraction of sp³-hybridized carbons (Fsp3) is 0.600. The summed E-state index contributed by atoms with van der Waals surface area (Å²) in [5.74, 6) is -0.155. The Kier molecular flexibility index (Phi) is 3.62. The molecule has 3 heteroatoms. The Bertz CT molecular complexity index is 390. The predicted octanol–water partition coefficient (Wildman–Crippen LogP) is 2.54. The number of rotatable bonds is 3. The summed E-state index contributed by atoms with van der Waals surface area (Å²) in [6.45, 7) is 3.38. The smallest absolute Gasteiger partial charge is 0.123 e. The van der Waals surface area contributed by atoms with Crippen molar-refractivity contribution in [3.8, 4) is 0 Å². The summed E-state index contributed by atoms with van der Waals surface area (Å²) in [6.07, 6.45) is 5.32. The number of piperidine rings is 1. The maximum absolute atomic E-state index is 12.8. The van der Waals surface area contributed by atoms with Crippen LogP contribution < -0.4 is 5.32 Å². The number of fused-ring (bicyclic) bond motifs is 1. The maximum Gasteiger partial charge on any atom is 0.123 e. The van der Waals surface area contributed by atoms with Crippen LogP contribution in [-0.4, -0.2) is 30.1 Å². The van der Waals surface area contributed by atoms with E-state index in [1.165, 1.54) is 44.3 Å². The molecular formula is C15H21FN2. The minimum absolute atomic E-state index is 0.155. The molecule has 18 heavy (non-hydrogen) atoms. The predicted molar refractivity (Wildman–Crippen MR) is 70.9 cm³/mol. The Hall–Kier alpha value is -0.930. The van der Waals surface area contributed by atoms with Crippen molar-refractivity contribution in [3.63, 3.8) is 0 Å². The van der Waals surface area contributed by atoms with Crippen LogP contribution in [-0.2, 0) is 6.54 Å². The van der Waals surface area contributed by atoms with Gasteiger partial charge in [0.25, 0.3) is 0 Å². The summed E-state index contributed by atoms with van der Waals surface area (Å²) in [4.78, 5) is 2.63. The summed E-state index contributed by atoms with van der Waals surface area (Å²) in [6, 6.07) is 8.18. The number of hydrogen-bond donors (Lipinski definition) is 1. The molecule has 98 valence electrons. The molecule has 2 fully saturated rings. The molecule has 2 heterocycles. The van der Waals surface area contributed by atoms with E-state index in [0.29, 0.717) is 6.04 Å². The van der Waals surface area contributed by atoms with Crippen LogP contribution in [0.3, 0.4) is 0 Å². The standard InChI is InChI=1S/C15H21FN2/c16-13-6-4-12(5-7-13)11-17-14-8-10-18-9-2-1-3-15(14)18/h4-7,14-15,17H,1-3,8-11H2. The van der Waals surface area contributed by atoms with Crippen molar-refractivity contribution in [2.45, 2.75) is 44.3 Å². The van der Waals surface area contributed by atoms with E-state index in [4.69, 9.17) is 0 Å². The van der Waals surface area contributed by atoms with Crippen molar-refractivity contribution in [2.24, 2.45) is 0 Å². The fourth-order valence-corrected chi connectivity index (χ4v) is 3.34. The van der Waals surface area contributed by atoms with Crippen LogP contribution in [0.2, 0.25) is 0 Å². The first kappa shape index (κ1) is 12.1. The molecule has 0 aromatic heterocycles. The highest BCUT2D eigenvalue weighted by Gasteiger charge is 2.34. The van der Waals surface area contributed by atoms with E-state index in [1.54, 1.807) is 12.1 Å². The van der Waals surface area contributed by atoms with E-state index in [2.05, 4.69) is 10.2 Å². The minimum Gasteiger partial charge on any atom is -0.308 e. The zero-order valence-electron chi connectivity index (χ0n) is 10.7. The number of halogens is 1. The van der Waals surface area contributed by atoms with Gasteiger partial charge in [-0.15, -0.1) is 0 Å². The highest BCUT2D eigenvalue weighted by Crippen LogP contribution is 2.27. The summed E-state index contributed by atoms with van der Waals surface area (Å²) in [5.41, 5.74) is 1.17. The molecule has 2 unspecified atom stereocenters. The van der Waals surface area contributed by atoms with Gasteiger partial charge < -0.3 is 5.32 Å². The molecule has 1 aromatic rings. The third-order valence-electron chi connectivity index (χ3n) is 4.34. The van der Waals surface area contributed by atoms with Crippen LogP contribution in [0.5, 0.6) is 0 Å². The normalized spacial score (nSPS) is 28.3. The first-order valence-electron chi connectivity index (χ1n) is 7.05. The molecule has 1 N–H and O–H groups in total. The summed E-state index contributed by atoms with van der Waals surface area (Å²) >= 11 is 0. The van der Waals surface area contributed by atoms with Gasteiger partial charge in [-0.2, -0.15) is 0 Å². The van der Waals surface area contributed by atoms with E-state index < -0.39 is 0 Å². The minimum atomic E-state index is -0.155. The SMILES string of the molecule is Fc1ccc(CNC2CCN3CCCCC23)cc1. The molecule has 2 nitrogen and oxygen atoms in total. The zero-order chi connectivity index (χ0) is 12.4. The summed E-state index contributed by atoms with van der Waals surface area (Å²) < 4.78 is 12.8. The Morgan fingerprint density at radius 1 is 1.11 bits per heavy atom. The molecule has 2 saturated heterocycles. The van der Waals surface area contributed by atoms with Gasteiger partial charge in [0.2, 0.25) is 0 Å². The van der Waals surface area contributed by atoms with E-state index in [-0.39, 0.29) is 5.82 Å². The van der Waals surface area contributed by atoms with Gasteiger partial charge in [0.1, 0.15) is 5.82 Å². The number of nitrogens with zero attached hydrogens (tertiary/aromatic N) is 1. The monoisotopic (exact) mass is 248 g/mol. The second kappa shape index (κ2) is 5.37. The fourth-order valence-electron chi connectivity index (χ4n) is 3.34. The number of benzene rings is 1. The Morgan fingerprint density at radius 3 is 2.78 bits per heavy atom. The second-order valence-corrected chi connectivity index (χ2v) is 5.50. The Balaban J connectivity index is 1.55. The lowest BCUT2D eigenvalue weighted by molar-refractivity contribution is 0.180. The van der Waals surface area contributed by atoms with Crippen molar-refractivity contribution in [2.75, 3.05) is 13.1 Å². The zero-order valence-corrected chi connectivity index (χ0v) is 10.7. The average Bonchev–Trinajstić information content (AvgIpc) is 2.82. The van der Waals surface area contributed by atoms with Crippen LogP contribution in [0, 0.1) is 5.82 Å². The van der Waals surface area contributed by atoms with Crippen molar-refractivity contribution in [3.05, 3.63) is 35.6 Å². The molecule has 2 aliphatic rings. The molecule has 0 saturated carbocycles. The van der Waals surface area contributed by atoms with E-state index in [1.807, 2.05) is 12.1 Å². The summed E-state index contributed by atoms with van der Waals surface area (Å²) in [5, 5.41) is 3.65. The molecular weight excluding hydrogens is 227 g/mol. The first-order chi connectivity index (χ1) is 8.83. The van der Waals surface area contributed by atoms with Gasteiger partial charge in [-0.1, -0.05) is 18.6 Å². The highest BCUT2D eigenvalue weighted by molar-refractivity contribution is 5.16. The van der Waals surface area contributed by atoms with Gasteiger partial charge in [-0.25, -0.2) is 4.39 Å². The van der Waals surface area contributed by atoms with Crippen molar-refractivity contribution in [1.29, 1.82) is 0 Å². The van der Waals surface area contributed by atoms with Gasteiger partial charge in [0.15, 0.2) is 0 Å². The third-order valence-corrected chi connectivity index (χ3v) is 4.34. The molecule has 3 rings (SSSR count). The average molecular weight is 248 g/mol. The molecule has 0 spiro atoms. The van der Waals surface area contributed by atoms with Crippen molar-refractivity contribution < 1.29 is 4.39 Å². The van der Waals surface area contributed by atoms with Crippen LogP contribution in [0.1, 0.15) is 31.2 Å². The topological polar surface area (TPSA) is 15.3 Å². The lowest BCUT2D eigenvalue weighted by Crippen LogP contribution is -2.44. The number of nitrogens with one attached hydrogen (secondary N) is 1. The Morgan fingerprint density at radius 2 is 1.94 bits per heavy atom. The van der Waals surface area contributed by atoms with Gasteiger partial charge in [0, 0.05) is 25.2 Å². The largest absolute Gasteiger partial charge is 0.308 e. The first-order valence-corrected chi connectivity index (χ1v) is 7.05. The molecule has 2 aliphatic heterocycles. The van der Waals surface area contributed by atoms with Gasteiger partial charge in [-0.3, -0.25) is 4.90 Å². The van der Waals surface area contributed by atoms with Gasteiger partial charge in [-0.05, 0) is 43.5 Å². The van der Waals surface area contributed by atoms with Crippen LogP contribution in [0.15, 0.2) is 24.3 Å². The Labute approximate surface area is 108 Å². The molecule has 0 amide bonds. The highest BCUT2D eigenvalue weighted by atomic mass is 19.1. The molecule has 2 atom stereocenters. The van der Waals surface area contributed by atoms with E-state index in [0.717, 1.165) is 12.6 Å². The maximum atomic E-state index is 12.8. The lowest BCUT2D eigenvalue weighted by Gasteiger charge is -2.32. The molecule has 0 aliphatic carbocycles. The van der Waals surface area contributed by atoms with Crippen LogP contribution >= 0.6 is 0 Å². The third kappa shape index (κ3) is 2.57. The van der Waals surface area contributed by atoms with Gasteiger partial charge >= 0.3 is 0 Å². The number of hydrogen-bond acceptors (Lipinski definition) is 2. The van der Waals surface area contributed by atoms with Crippen molar-refractivity contribution >= 4 is 0 Å². The van der Waals surface area contributed by atoms with Gasteiger partial charge in [0.05, 0.1) is 0 Å².